The van der Waals surface area contributed by atoms with Crippen molar-refractivity contribution in [2.24, 2.45) is 0 Å². The van der Waals surface area contributed by atoms with Gasteiger partial charge in [0.05, 0.1) is 25.3 Å². The average Bonchev–Trinajstić information content (AvgIpc) is 2.59. The first-order chi connectivity index (χ1) is 11.0. The van der Waals surface area contributed by atoms with Crippen LogP contribution in [0.25, 0.3) is 0 Å². The number of rotatable bonds is 6. The van der Waals surface area contributed by atoms with E-state index in [0.717, 1.165) is 0 Å². The average molecular weight is 317 g/mol. The van der Waals surface area contributed by atoms with Crippen molar-refractivity contribution in [2.75, 3.05) is 19.5 Å². The zero-order valence-corrected chi connectivity index (χ0v) is 12.6. The molecule has 0 saturated heterocycles. The highest BCUT2D eigenvalue weighted by atomic mass is 16.5. The molecular formula is C15H15N3O5. The number of methoxy groups -OCH3 is 2. The van der Waals surface area contributed by atoms with Gasteiger partial charge in [-0.2, -0.15) is 0 Å². The third-order valence-electron chi connectivity index (χ3n) is 2.97. The molecule has 1 aromatic carbocycles. The first-order valence-electron chi connectivity index (χ1n) is 6.59. The van der Waals surface area contributed by atoms with Crippen LogP contribution < -0.4 is 10.1 Å². The lowest BCUT2D eigenvalue weighted by Gasteiger charge is -2.08. The van der Waals surface area contributed by atoms with Gasteiger partial charge in [0.25, 0.3) is 0 Å². The molecule has 0 radical (unpaired) electrons. The van der Waals surface area contributed by atoms with Crippen molar-refractivity contribution >= 4 is 17.9 Å². The molecule has 23 heavy (non-hydrogen) atoms. The van der Waals surface area contributed by atoms with Crippen molar-refractivity contribution < 1.29 is 24.2 Å². The number of carboxylic acid groups (broad SMARTS) is 1. The van der Waals surface area contributed by atoms with Gasteiger partial charge in [-0.15, -0.1) is 0 Å². The van der Waals surface area contributed by atoms with Gasteiger partial charge in [0, 0.05) is 18.9 Å². The van der Waals surface area contributed by atoms with E-state index in [2.05, 4.69) is 20.0 Å². The third kappa shape index (κ3) is 4.16. The number of aromatic carboxylic acids is 1. The lowest BCUT2D eigenvalue weighted by molar-refractivity contribution is 0.0599. The van der Waals surface area contributed by atoms with Gasteiger partial charge in [0.2, 0.25) is 5.95 Å². The molecule has 0 fully saturated rings. The van der Waals surface area contributed by atoms with Gasteiger partial charge in [-0.05, 0) is 23.8 Å². The molecule has 8 heteroatoms. The standard InChI is InChI=1S/C15H15N3O5/c1-22-12-4-9(3-10(5-12)13(19)20)6-16-15-17-7-11(8-18-15)14(21)23-2/h3-5,7-8H,6H2,1-2H3,(H,19,20)(H,16,17,18). The minimum absolute atomic E-state index is 0.128. The minimum atomic E-state index is -1.04. The molecule has 2 aromatic rings. The maximum Gasteiger partial charge on any atom is 0.341 e. The number of hydrogen-bond acceptors (Lipinski definition) is 7. The number of nitrogens with zero attached hydrogens (tertiary/aromatic N) is 2. The van der Waals surface area contributed by atoms with E-state index >= 15 is 0 Å². The van der Waals surface area contributed by atoms with Crippen molar-refractivity contribution in [1.29, 1.82) is 0 Å². The first kappa shape index (κ1) is 16.2. The SMILES string of the molecule is COC(=O)c1cnc(NCc2cc(OC)cc(C(=O)O)c2)nc1. The highest BCUT2D eigenvalue weighted by Crippen LogP contribution is 2.18. The van der Waals surface area contributed by atoms with Crippen molar-refractivity contribution in [3.05, 3.63) is 47.3 Å². The first-order valence-corrected chi connectivity index (χ1v) is 6.59. The molecule has 120 valence electrons. The fraction of sp³-hybridized carbons (Fsp3) is 0.200. The number of anilines is 1. The van der Waals surface area contributed by atoms with Gasteiger partial charge >= 0.3 is 11.9 Å². The van der Waals surface area contributed by atoms with Crippen LogP contribution in [-0.2, 0) is 11.3 Å². The second kappa shape index (κ2) is 7.21. The Labute approximate surface area is 132 Å². The molecule has 2 rings (SSSR count). The summed E-state index contributed by atoms with van der Waals surface area (Å²) in [6.07, 6.45) is 2.69. The van der Waals surface area contributed by atoms with Crippen LogP contribution in [-0.4, -0.2) is 41.2 Å². The predicted molar refractivity (Wildman–Crippen MR) is 80.7 cm³/mol. The Kier molecular flexibility index (Phi) is 5.08. The van der Waals surface area contributed by atoms with Crippen molar-refractivity contribution in [3.8, 4) is 5.75 Å². The summed E-state index contributed by atoms with van der Waals surface area (Å²) < 4.78 is 9.64. The number of aromatic nitrogens is 2. The number of ether oxygens (including phenoxy) is 2. The summed E-state index contributed by atoms with van der Waals surface area (Å²) in [6, 6.07) is 4.68. The molecule has 8 nitrogen and oxygen atoms in total. The summed E-state index contributed by atoms with van der Waals surface area (Å²) in [6.45, 7) is 0.301. The predicted octanol–water partition coefficient (Wildman–Crippen LogP) is 1.58. The summed E-state index contributed by atoms with van der Waals surface area (Å²) in [7, 11) is 2.74. The lowest BCUT2D eigenvalue weighted by Crippen LogP contribution is -2.08. The Morgan fingerprint density at radius 3 is 2.39 bits per heavy atom. The molecule has 0 unspecified atom stereocenters. The molecule has 0 spiro atoms. The van der Waals surface area contributed by atoms with E-state index in [1.165, 1.54) is 38.7 Å². The number of carbonyl (C=O) groups is 2. The summed E-state index contributed by atoms with van der Waals surface area (Å²) in [5.41, 5.74) is 1.07. The number of nitrogens with one attached hydrogen (secondary N) is 1. The maximum absolute atomic E-state index is 11.3. The third-order valence-corrected chi connectivity index (χ3v) is 2.97. The molecular weight excluding hydrogens is 302 g/mol. The fourth-order valence-corrected chi connectivity index (χ4v) is 1.83. The summed E-state index contributed by atoms with van der Waals surface area (Å²) in [4.78, 5) is 30.3. The molecule has 0 aliphatic carbocycles. The van der Waals surface area contributed by atoms with Crippen LogP contribution in [0.3, 0.4) is 0 Å². The van der Waals surface area contributed by atoms with Crippen LogP contribution in [0.1, 0.15) is 26.3 Å². The number of hydrogen-bond donors (Lipinski definition) is 2. The molecule has 1 aromatic heterocycles. The van der Waals surface area contributed by atoms with E-state index in [1.807, 2.05) is 0 Å². The second-order valence-corrected chi connectivity index (χ2v) is 4.52. The number of esters is 1. The van der Waals surface area contributed by atoms with E-state index in [0.29, 0.717) is 23.8 Å². The Bertz CT molecular complexity index is 716. The largest absolute Gasteiger partial charge is 0.497 e. The number of benzene rings is 1. The zero-order chi connectivity index (χ0) is 16.8. The van der Waals surface area contributed by atoms with Crippen LogP contribution in [0.15, 0.2) is 30.6 Å². The summed E-state index contributed by atoms with van der Waals surface area (Å²) in [5, 5.41) is 12.0. The van der Waals surface area contributed by atoms with Gasteiger partial charge in [0.1, 0.15) is 5.75 Å². The lowest BCUT2D eigenvalue weighted by atomic mass is 10.1. The van der Waals surface area contributed by atoms with Crippen molar-refractivity contribution in [1.82, 2.24) is 9.97 Å². The molecule has 0 aliphatic rings. The van der Waals surface area contributed by atoms with Gasteiger partial charge in [-0.1, -0.05) is 0 Å². The molecule has 2 N–H and O–H groups in total. The molecule has 0 bridgehead atoms. The Morgan fingerprint density at radius 1 is 1.13 bits per heavy atom. The van der Waals surface area contributed by atoms with Gasteiger partial charge < -0.3 is 19.9 Å². The van der Waals surface area contributed by atoms with E-state index in [4.69, 9.17) is 9.84 Å². The molecule has 0 amide bonds. The number of carbonyl (C=O) groups excluding carboxylic acids is 1. The molecule has 1 heterocycles. The highest BCUT2D eigenvalue weighted by molar-refractivity contribution is 5.89. The molecule has 0 atom stereocenters. The monoisotopic (exact) mass is 317 g/mol. The minimum Gasteiger partial charge on any atom is -0.497 e. The highest BCUT2D eigenvalue weighted by Gasteiger charge is 2.09. The maximum atomic E-state index is 11.3. The van der Waals surface area contributed by atoms with Crippen LogP contribution in [0.5, 0.6) is 5.75 Å². The van der Waals surface area contributed by atoms with Crippen LogP contribution in [0, 0.1) is 0 Å². The molecule has 0 aliphatic heterocycles. The number of carboxylic acids is 1. The summed E-state index contributed by atoms with van der Waals surface area (Å²) in [5.74, 6) is -0.805. The smallest absolute Gasteiger partial charge is 0.341 e. The van der Waals surface area contributed by atoms with E-state index in [9.17, 15) is 9.59 Å². The quantitative estimate of drug-likeness (QED) is 0.773. The second-order valence-electron chi connectivity index (χ2n) is 4.52. The zero-order valence-electron chi connectivity index (χ0n) is 12.6. The topological polar surface area (TPSA) is 111 Å². The van der Waals surface area contributed by atoms with Crippen molar-refractivity contribution in [2.45, 2.75) is 6.54 Å². The van der Waals surface area contributed by atoms with Crippen LogP contribution in [0.2, 0.25) is 0 Å². The summed E-state index contributed by atoms with van der Waals surface area (Å²) >= 11 is 0. The van der Waals surface area contributed by atoms with Crippen LogP contribution in [0.4, 0.5) is 5.95 Å². The molecule has 0 saturated carbocycles. The Morgan fingerprint density at radius 2 is 1.83 bits per heavy atom. The van der Waals surface area contributed by atoms with E-state index < -0.39 is 11.9 Å². The Hall–Kier alpha value is -3.16. The van der Waals surface area contributed by atoms with Gasteiger partial charge in [0.15, 0.2) is 0 Å². The van der Waals surface area contributed by atoms with Crippen LogP contribution >= 0.6 is 0 Å². The Balaban J connectivity index is 2.09. The van der Waals surface area contributed by atoms with Gasteiger partial charge in [-0.3, -0.25) is 0 Å². The van der Waals surface area contributed by atoms with E-state index in [1.54, 1.807) is 6.07 Å². The van der Waals surface area contributed by atoms with E-state index in [-0.39, 0.29) is 11.1 Å². The fourth-order valence-electron chi connectivity index (χ4n) is 1.83. The normalized spacial score (nSPS) is 10.0. The van der Waals surface area contributed by atoms with Gasteiger partial charge in [-0.25, -0.2) is 19.6 Å². The van der Waals surface area contributed by atoms with Crippen molar-refractivity contribution in [3.63, 3.8) is 0 Å².